The molecule has 2 aliphatic heterocycles. The molecule has 0 bridgehead atoms. The monoisotopic (exact) mass is 327 g/mol. The first kappa shape index (κ1) is 12.7. The lowest BCUT2D eigenvalue weighted by Crippen LogP contribution is -2.17. The van der Waals surface area contributed by atoms with E-state index in [-0.39, 0.29) is 18.8 Å². The highest BCUT2D eigenvalue weighted by Crippen LogP contribution is 2.45. The van der Waals surface area contributed by atoms with Crippen molar-refractivity contribution in [2.45, 2.75) is 19.4 Å². The Morgan fingerprint density at radius 2 is 2.32 bits per heavy atom. The molecule has 0 amide bonds. The van der Waals surface area contributed by atoms with Crippen molar-refractivity contribution in [2.24, 2.45) is 5.92 Å². The Morgan fingerprint density at radius 3 is 3.00 bits per heavy atom. The summed E-state index contributed by atoms with van der Waals surface area (Å²) in [6, 6.07) is 2.00. The maximum absolute atomic E-state index is 11.0. The number of rotatable bonds is 2. The molecule has 0 aliphatic carbocycles. The van der Waals surface area contributed by atoms with E-state index < -0.39 is 5.97 Å². The molecule has 0 spiro atoms. The van der Waals surface area contributed by atoms with E-state index in [4.69, 9.17) is 14.6 Å². The fourth-order valence-electron chi connectivity index (χ4n) is 2.64. The van der Waals surface area contributed by atoms with Gasteiger partial charge < -0.3 is 19.9 Å². The van der Waals surface area contributed by atoms with Crippen molar-refractivity contribution >= 4 is 21.9 Å². The van der Waals surface area contributed by atoms with Crippen molar-refractivity contribution in [2.75, 3.05) is 13.3 Å². The molecule has 0 radical (unpaired) electrons. The average Bonchev–Trinajstić information content (AvgIpc) is 3.01. The van der Waals surface area contributed by atoms with Gasteiger partial charge in [0.2, 0.25) is 6.79 Å². The van der Waals surface area contributed by atoms with Crippen LogP contribution >= 0.6 is 15.9 Å². The minimum Gasteiger partial charge on any atom is -0.481 e. The van der Waals surface area contributed by atoms with E-state index in [9.17, 15) is 4.79 Å². The highest BCUT2D eigenvalue weighted by atomic mass is 79.9. The van der Waals surface area contributed by atoms with E-state index in [1.54, 1.807) is 0 Å². The number of aliphatic carboxylic acids is 1. The zero-order valence-corrected chi connectivity index (χ0v) is 12.0. The molecule has 19 heavy (non-hydrogen) atoms. The first-order valence-corrected chi connectivity index (χ1v) is 6.92. The van der Waals surface area contributed by atoms with E-state index >= 15 is 0 Å². The Labute approximate surface area is 119 Å². The summed E-state index contributed by atoms with van der Waals surface area (Å²) in [6.45, 7) is 2.73. The van der Waals surface area contributed by atoms with E-state index in [1.165, 1.54) is 0 Å². The molecule has 1 saturated heterocycles. The minimum atomic E-state index is -0.743. The molecule has 0 saturated carbocycles. The number of carboxylic acid groups (broad SMARTS) is 1. The molecule has 2 N–H and O–H groups in total. The SMILES string of the molecule is Cc1c(C2CC(C(=O)O)CN2)cc2c(c1Br)OCO2. The molecule has 2 aliphatic rings. The summed E-state index contributed by atoms with van der Waals surface area (Å²) in [5.74, 6) is 0.378. The number of ether oxygens (including phenoxy) is 2. The summed E-state index contributed by atoms with van der Waals surface area (Å²) in [5, 5.41) is 12.3. The first-order valence-electron chi connectivity index (χ1n) is 6.12. The Hall–Kier alpha value is -1.27. The van der Waals surface area contributed by atoms with Crippen molar-refractivity contribution in [1.82, 2.24) is 5.32 Å². The molecule has 1 aromatic rings. The van der Waals surface area contributed by atoms with Crippen LogP contribution in [-0.4, -0.2) is 24.4 Å². The van der Waals surface area contributed by atoms with Gasteiger partial charge in [0.1, 0.15) is 0 Å². The Morgan fingerprint density at radius 1 is 1.53 bits per heavy atom. The zero-order chi connectivity index (χ0) is 13.6. The molecule has 2 unspecified atom stereocenters. The predicted molar refractivity (Wildman–Crippen MR) is 71.5 cm³/mol. The van der Waals surface area contributed by atoms with Crippen molar-refractivity contribution in [1.29, 1.82) is 0 Å². The van der Waals surface area contributed by atoms with E-state index in [1.807, 2.05) is 13.0 Å². The van der Waals surface area contributed by atoms with Crippen LogP contribution in [0, 0.1) is 12.8 Å². The van der Waals surface area contributed by atoms with Gasteiger partial charge in [0, 0.05) is 12.6 Å². The average molecular weight is 328 g/mol. The second kappa shape index (κ2) is 4.68. The van der Waals surface area contributed by atoms with E-state index in [0.29, 0.717) is 18.7 Å². The fraction of sp³-hybridized carbons (Fsp3) is 0.462. The summed E-state index contributed by atoms with van der Waals surface area (Å²) in [4.78, 5) is 11.0. The van der Waals surface area contributed by atoms with Crippen LogP contribution in [0.15, 0.2) is 10.5 Å². The van der Waals surface area contributed by atoms with Crippen molar-refractivity contribution in [3.63, 3.8) is 0 Å². The van der Waals surface area contributed by atoms with Crippen molar-refractivity contribution in [3.8, 4) is 11.5 Å². The van der Waals surface area contributed by atoms with Gasteiger partial charge in [-0.2, -0.15) is 0 Å². The largest absolute Gasteiger partial charge is 0.481 e. The predicted octanol–water partition coefficient (Wildman–Crippen LogP) is 2.22. The van der Waals surface area contributed by atoms with Crippen LogP contribution in [0.2, 0.25) is 0 Å². The Kier molecular flexibility index (Phi) is 3.14. The summed E-state index contributed by atoms with van der Waals surface area (Å²) in [5.41, 5.74) is 2.13. The molecule has 0 aromatic heterocycles. The third-order valence-electron chi connectivity index (χ3n) is 3.75. The van der Waals surface area contributed by atoms with Crippen LogP contribution in [0.3, 0.4) is 0 Å². The molecule has 1 aromatic carbocycles. The van der Waals surface area contributed by atoms with Gasteiger partial charge in [-0.05, 0) is 46.5 Å². The van der Waals surface area contributed by atoms with Gasteiger partial charge in [0.25, 0.3) is 0 Å². The third kappa shape index (κ3) is 2.08. The normalized spacial score (nSPS) is 24.7. The Bertz CT molecular complexity index is 546. The van der Waals surface area contributed by atoms with Gasteiger partial charge in [-0.1, -0.05) is 0 Å². The van der Waals surface area contributed by atoms with Crippen molar-refractivity contribution in [3.05, 3.63) is 21.7 Å². The second-order valence-corrected chi connectivity index (χ2v) is 5.66. The van der Waals surface area contributed by atoms with E-state index in [0.717, 1.165) is 21.3 Å². The number of carbonyl (C=O) groups is 1. The number of halogens is 1. The van der Waals surface area contributed by atoms with Gasteiger partial charge in [-0.3, -0.25) is 4.79 Å². The molecule has 3 rings (SSSR count). The second-order valence-electron chi connectivity index (χ2n) is 4.87. The topological polar surface area (TPSA) is 67.8 Å². The number of nitrogens with one attached hydrogen (secondary N) is 1. The lowest BCUT2D eigenvalue weighted by atomic mass is 9.96. The highest BCUT2D eigenvalue weighted by Gasteiger charge is 2.33. The maximum Gasteiger partial charge on any atom is 0.307 e. The molecule has 1 fully saturated rings. The molecule has 102 valence electrons. The Balaban J connectivity index is 1.94. The summed E-state index contributed by atoms with van der Waals surface area (Å²) in [6.07, 6.45) is 0.599. The van der Waals surface area contributed by atoms with E-state index in [2.05, 4.69) is 21.2 Å². The first-order chi connectivity index (χ1) is 9.08. The van der Waals surface area contributed by atoms with Crippen LogP contribution < -0.4 is 14.8 Å². The summed E-state index contributed by atoms with van der Waals surface area (Å²) >= 11 is 3.52. The third-order valence-corrected chi connectivity index (χ3v) is 4.70. The quantitative estimate of drug-likeness (QED) is 0.871. The molecule has 2 atom stereocenters. The van der Waals surface area contributed by atoms with Gasteiger partial charge in [0.15, 0.2) is 11.5 Å². The van der Waals surface area contributed by atoms with Crippen LogP contribution in [-0.2, 0) is 4.79 Å². The summed E-state index contributed by atoms with van der Waals surface area (Å²) < 4.78 is 11.7. The number of hydrogen-bond donors (Lipinski definition) is 2. The number of benzene rings is 1. The molecular formula is C13H14BrNO4. The van der Waals surface area contributed by atoms with Crippen LogP contribution in [0.5, 0.6) is 11.5 Å². The number of fused-ring (bicyclic) bond motifs is 1. The van der Waals surface area contributed by atoms with Gasteiger partial charge >= 0.3 is 5.97 Å². The van der Waals surface area contributed by atoms with Crippen LogP contribution in [0.1, 0.15) is 23.6 Å². The lowest BCUT2D eigenvalue weighted by Gasteiger charge is -2.16. The molecular weight excluding hydrogens is 314 g/mol. The van der Waals surface area contributed by atoms with Gasteiger partial charge in [-0.25, -0.2) is 0 Å². The van der Waals surface area contributed by atoms with Gasteiger partial charge in [-0.15, -0.1) is 0 Å². The fourth-order valence-corrected chi connectivity index (χ4v) is 3.18. The zero-order valence-electron chi connectivity index (χ0n) is 10.4. The van der Waals surface area contributed by atoms with Crippen molar-refractivity contribution < 1.29 is 19.4 Å². The standard InChI is InChI=1S/C13H14BrNO4/c1-6-8(9-2-7(4-15-9)13(16)17)3-10-12(11(6)14)19-5-18-10/h3,7,9,15H,2,4-5H2,1H3,(H,16,17). The number of carboxylic acids is 1. The molecule has 6 heteroatoms. The maximum atomic E-state index is 11.0. The molecule has 2 heterocycles. The van der Waals surface area contributed by atoms with Crippen LogP contribution in [0.25, 0.3) is 0 Å². The summed E-state index contributed by atoms with van der Waals surface area (Å²) in [7, 11) is 0. The smallest absolute Gasteiger partial charge is 0.307 e. The molecule has 5 nitrogen and oxygen atoms in total. The van der Waals surface area contributed by atoms with Gasteiger partial charge in [0.05, 0.1) is 10.4 Å². The highest BCUT2D eigenvalue weighted by molar-refractivity contribution is 9.10. The minimum absolute atomic E-state index is 0.0481. The lowest BCUT2D eigenvalue weighted by molar-refractivity contribution is -0.141. The number of hydrogen-bond acceptors (Lipinski definition) is 4. The van der Waals surface area contributed by atoms with Crippen LogP contribution in [0.4, 0.5) is 0 Å².